The summed E-state index contributed by atoms with van der Waals surface area (Å²) < 4.78 is 1.84. The number of carbonyl (C=O) groups is 2. The molecule has 0 aliphatic heterocycles. The molecule has 3 aromatic heterocycles. The normalized spacial score (nSPS) is 10.5. The van der Waals surface area contributed by atoms with E-state index in [1.165, 1.54) is 12.4 Å². The minimum Gasteiger partial charge on any atom is -0.320 e. The first kappa shape index (κ1) is 19.4. The summed E-state index contributed by atoms with van der Waals surface area (Å²) in [6, 6.07) is 17.6. The van der Waals surface area contributed by atoms with E-state index in [-0.39, 0.29) is 5.56 Å². The van der Waals surface area contributed by atoms with E-state index in [2.05, 4.69) is 16.4 Å². The molecular formula is C23H15ClN4O2. The van der Waals surface area contributed by atoms with Crippen molar-refractivity contribution in [2.75, 3.05) is 5.32 Å². The summed E-state index contributed by atoms with van der Waals surface area (Å²) in [5, 5.41) is 12.0. The van der Waals surface area contributed by atoms with Gasteiger partial charge < -0.3 is 9.72 Å². The van der Waals surface area contributed by atoms with Crippen molar-refractivity contribution in [2.24, 2.45) is 0 Å². The predicted molar refractivity (Wildman–Crippen MR) is 114 cm³/mol. The van der Waals surface area contributed by atoms with Gasteiger partial charge in [0.2, 0.25) is 0 Å². The molecule has 1 N–H and O–H groups in total. The van der Waals surface area contributed by atoms with E-state index >= 15 is 0 Å². The summed E-state index contributed by atoms with van der Waals surface area (Å²) in [7, 11) is 0. The van der Waals surface area contributed by atoms with Crippen LogP contribution in [-0.4, -0.2) is 21.1 Å². The van der Waals surface area contributed by atoms with Crippen LogP contribution in [0, 0.1) is 11.3 Å². The van der Waals surface area contributed by atoms with Gasteiger partial charge in [-0.1, -0.05) is 23.7 Å². The Morgan fingerprint density at radius 1 is 1.07 bits per heavy atom. The van der Waals surface area contributed by atoms with E-state index in [1.54, 1.807) is 48.7 Å². The number of nitrogens with one attached hydrogen (secondary N) is 1. The van der Waals surface area contributed by atoms with Gasteiger partial charge in [-0.25, -0.2) is 0 Å². The summed E-state index contributed by atoms with van der Waals surface area (Å²) >= 11 is 6.14. The summed E-state index contributed by atoms with van der Waals surface area (Å²) in [5.74, 6) is -1.39. The van der Waals surface area contributed by atoms with Crippen LogP contribution in [0.1, 0.15) is 27.2 Å². The van der Waals surface area contributed by atoms with Gasteiger partial charge in [0, 0.05) is 41.4 Å². The number of hydrogen-bond donors (Lipinski definition) is 1. The molecule has 0 aliphatic rings. The number of Topliss-reactive ketones (excluding diaryl/α,β-unsaturated/α-hetero) is 1. The van der Waals surface area contributed by atoms with Gasteiger partial charge >= 0.3 is 0 Å². The first-order valence-electron chi connectivity index (χ1n) is 9.09. The highest BCUT2D eigenvalue weighted by Gasteiger charge is 2.22. The zero-order valence-electron chi connectivity index (χ0n) is 15.7. The van der Waals surface area contributed by atoms with Crippen LogP contribution in [0.15, 0.2) is 73.2 Å². The molecule has 7 heteroatoms. The van der Waals surface area contributed by atoms with Crippen LogP contribution in [0.2, 0.25) is 5.02 Å². The molecule has 6 nitrogen and oxygen atoms in total. The predicted octanol–water partition coefficient (Wildman–Crippen LogP) is 4.27. The van der Waals surface area contributed by atoms with E-state index < -0.39 is 11.7 Å². The molecule has 0 saturated carbocycles. The van der Waals surface area contributed by atoms with Crippen molar-refractivity contribution < 1.29 is 9.59 Å². The second-order valence-electron chi connectivity index (χ2n) is 6.65. The van der Waals surface area contributed by atoms with Gasteiger partial charge in [-0.2, -0.15) is 5.26 Å². The third kappa shape index (κ3) is 3.93. The van der Waals surface area contributed by atoms with Crippen molar-refractivity contribution >= 4 is 34.5 Å². The lowest BCUT2D eigenvalue weighted by atomic mass is 10.1. The minimum atomic E-state index is -0.737. The van der Waals surface area contributed by atoms with Gasteiger partial charge in [-0.05, 0) is 48.0 Å². The van der Waals surface area contributed by atoms with Crippen molar-refractivity contribution in [3.63, 3.8) is 0 Å². The zero-order valence-corrected chi connectivity index (χ0v) is 16.4. The summed E-state index contributed by atoms with van der Waals surface area (Å²) in [6.45, 7) is 0. The number of amides is 1. The van der Waals surface area contributed by atoms with Crippen molar-refractivity contribution in [3.05, 3.63) is 101 Å². The third-order valence-electron chi connectivity index (χ3n) is 4.67. The number of aromatic nitrogens is 2. The van der Waals surface area contributed by atoms with Gasteiger partial charge in [0.25, 0.3) is 11.7 Å². The Morgan fingerprint density at radius 2 is 1.80 bits per heavy atom. The average Bonchev–Trinajstić information content (AvgIpc) is 3.11. The Labute approximate surface area is 177 Å². The molecule has 4 aromatic rings. The summed E-state index contributed by atoms with van der Waals surface area (Å²) in [6.07, 6.45) is 5.36. The van der Waals surface area contributed by atoms with E-state index in [4.69, 9.17) is 16.9 Å². The maximum Gasteiger partial charge on any atom is 0.296 e. The molecule has 0 bridgehead atoms. The fourth-order valence-electron chi connectivity index (χ4n) is 3.21. The fraction of sp³-hybridized carbons (Fsp3) is 0.0435. The zero-order chi connectivity index (χ0) is 21.1. The lowest BCUT2D eigenvalue weighted by Crippen LogP contribution is -2.22. The number of hydrogen-bond acceptors (Lipinski definition) is 4. The average molecular weight is 415 g/mol. The highest BCUT2D eigenvalue weighted by Crippen LogP contribution is 2.24. The van der Waals surface area contributed by atoms with Crippen molar-refractivity contribution in [1.82, 2.24) is 9.38 Å². The van der Waals surface area contributed by atoms with E-state index in [9.17, 15) is 9.59 Å². The number of nitriles is 1. The molecule has 0 radical (unpaired) electrons. The number of halogens is 1. The number of carbonyl (C=O) groups excluding carboxylic acids is 2. The molecule has 0 unspecified atom stereocenters. The molecule has 146 valence electrons. The molecule has 1 amide bonds. The molecule has 0 saturated heterocycles. The molecule has 1 aromatic carbocycles. The molecule has 3 heterocycles. The lowest BCUT2D eigenvalue weighted by molar-refractivity contribution is -0.112. The van der Waals surface area contributed by atoms with E-state index in [0.29, 0.717) is 28.2 Å². The quantitative estimate of drug-likeness (QED) is 0.390. The topological polar surface area (TPSA) is 87.3 Å². The third-order valence-corrected chi connectivity index (χ3v) is 4.91. The van der Waals surface area contributed by atoms with Crippen LogP contribution in [-0.2, 0) is 11.2 Å². The first-order chi connectivity index (χ1) is 14.5. The smallest absolute Gasteiger partial charge is 0.296 e. The van der Waals surface area contributed by atoms with Crippen molar-refractivity contribution in [2.45, 2.75) is 6.42 Å². The van der Waals surface area contributed by atoms with Gasteiger partial charge in [-0.3, -0.25) is 14.6 Å². The highest BCUT2D eigenvalue weighted by atomic mass is 35.5. The van der Waals surface area contributed by atoms with Crippen LogP contribution in [0.5, 0.6) is 0 Å². The van der Waals surface area contributed by atoms with Gasteiger partial charge in [0.15, 0.2) is 0 Å². The van der Waals surface area contributed by atoms with Gasteiger partial charge in [0.1, 0.15) is 0 Å². The number of rotatable bonds is 5. The lowest BCUT2D eigenvalue weighted by Gasteiger charge is -2.05. The number of ketones is 1. The largest absolute Gasteiger partial charge is 0.320 e. The maximum atomic E-state index is 12.9. The van der Waals surface area contributed by atoms with Crippen LogP contribution < -0.4 is 5.32 Å². The molecule has 30 heavy (non-hydrogen) atoms. The molecule has 4 rings (SSSR count). The minimum absolute atomic E-state index is 0.271. The highest BCUT2D eigenvalue weighted by molar-refractivity contribution is 6.48. The Morgan fingerprint density at radius 3 is 2.50 bits per heavy atom. The second kappa shape index (κ2) is 8.19. The van der Waals surface area contributed by atoms with Crippen LogP contribution in [0.4, 0.5) is 5.69 Å². The molecule has 0 atom stereocenters. The monoisotopic (exact) mass is 414 g/mol. The SMILES string of the molecule is N#Cc1ccc(Cc2cc(C(=O)C(=O)Nc3ccncc3)c3cc(Cl)ccn23)cc1. The maximum absolute atomic E-state index is 12.9. The Kier molecular flexibility index (Phi) is 5.29. The molecule has 0 fully saturated rings. The van der Waals surface area contributed by atoms with Gasteiger partial charge in [-0.15, -0.1) is 0 Å². The first-order valence-corrected chi connectivity index (χ1v) is 9.47. The Hall–Kier alpha value is -3.95. The van der Waals surface area contributed by atoms with Gasteiger partial charge in [0.05, 0.1) is 22.7 Å². The van der Waals surface area contributed by atoms with E-state index in [1.807, 2.05) is 16.5 Å². The molecule has 0 spiro atoms. The molecular weight excluding hydrogens is 400 g/mol. The van der Waals surface area contributed by atoms with Crippen molar-refractivity contribution in [1.29, 1.82) is 5.26 Å². The van der Waals surface area contributed by atoms with Crippen molar-refractivity contribution in [3.8, 4) is 6.07 Å². The summed E-state index contributed by atoms with van der Waals surface area (Å²) in [5.41, 5.74) is 3.70. The summed E-state index contributed by atoms with van der Waals surface area (Å²) in [4.78, 5) is 29.3. The fourth-order valence-corrected chi connectivity index (χ4v) is 3.37. The Balaban J connectivity index is 1.69. The number of fused-ring (bicyclic) bond motifs is 1. The standard InChI is InChI=1S/C23H15ClN4O2/c24-17-7-10-28-19(11-15-1-3-16(14-25)4-2-15)13-20(21(28)12-17)22(29)23(30)27-18-5-8-26-9-6-18/h1-10,12-13H,11H2,(H,26,27,30). The molecule has 0 aliphatic carbocycles. The Bertz CT molecular complexity index is 1290. The van der Waals surface area contributed by atoms with Crippen LogP contribution >= 0.6 is 11.6 Å². The van der Waals surface area contributed by atoms with E-state index in [0.717, 1.165) is 11.3 Å². The number of pyridine rings is 2. The second-order valence-corrected chi connectivity index (χ2v) is 7.09. The number of nitrogens with zero attached hydrogens (tertiary/aromatic N) is 3. The van der Waals surface area contributed by atoms with Crippen LogP contribution in [0.25, 0.3) is 5.52 Å². The number of benzene rings is 1. The van der Waals surface area contributed by atoms with Crippen LogP contribution in [0.3, 0.4) is 0 Å². The number of anilines is 1.